The van der Waals surface area contributed by atoms with Crippen LogP contribution >= 0.6 is 11.6 Å². The van der Waals surface area contributed by atoms with Crippen LogP contribution in [0.25, 0.3) is 22.8 Å². The minimum absolute atomic E-state index is 0.00407. The van der Waals surface area contributed by atoms with Crippen LogP contribution in [-0.2, 0) is 11.3 Å². The number of aryl methyl sites for hydroxylation is 1. The highest BCUT2D eigenvalue weighted by Crippen LogP contribution is 2.21. The lowest BCUT2D eigenvalue weighted by atomic mass is 10.2. The van der Waals surface area contributed by atoms with Crippen molar-refractivity contribution in [1.29, 1.82) is 0 Å². The van der Waals surface area contributed by atoms with Crippen LogP contribution in [0, 0.1) is 12.7 Å². The second-order valence-electron chi connectivity index (χ2n) is 6.80. The summed E-state index contributed by atoms with van der Waals surface area (Å²) in [5.74, 6) is -0.551. The number of carbonyl (C=O) groups excluding carboxylic acids is 1. The number of halogens is 2. The molecule has 0 atom stereocenters. The maximum Gasteiger partial charge on any atom is 0.263 e. The van der Waals surface area contributed by atoms with E-state index in [0.717, 1.165) is 5.56 Å². The van der Waals surface area contributed by atoms with Gasteiger partial charge in [0, 0.05) is 22.5 Å². The lowest BCUT2D eigenvalue weighted by Crippen LogP contribution is -2.28. The Bertz CT molecular complexity index is 1320. The molecule has 1 amide bonds. The molecule has 1 N–H and O–H groups in total. The fraction of sp³-hybridized carbons (Fsp3) is 0.0909. The Morgan fingerprint density at radius 1 is 1.19 bits per heavy atom. The maximum absolute atomic E-state index is 13.1. The smallest absolute Gasteiger partial charge is 0.263 e. The van der Waals surface area contributed by atoms with Gasteiger partial charge in [-0.1, -0.05) is 22.8 Å². The maximum atomic E-state index is 13.1. The van der Waals surface area contributed by atoms with E-state index in [0.29, 0.717) is 16.3 Å². The predicted octanol–water partition coefficient (Wildman–Crippen LogP) is 4.30. The quantitative estimate of drug-likeness (QED) is 0.501. The highest BCUT2D eigenvalue weighted by Gasteiger charge is 2.16. The summed E-state index contributed by atoms with van der Waals surface area (Å²) < 4.78 is 19.6. The normalized spacial score (nSPS) is 10.8. The topological polar surface area (TPSA) is 90.0 Å². The second kappa shape index (κ2) is 8.53. The van der Waals surface area contributed by atoms with Gasteiger partial charge in [0.1, 0.15) is 17.9 Å². The molecule has 0 aliphatic heterocycles. The summed E-state index contributed by atoms with van der Waals surface area (Å²) in [6, 6.07) is 13.9. The molecule has 0 spiro atoms. The average Bonchev–Trinajstić information content (AvgIpc) is 3.23. The molecule has 0 saturated carbocycles. The van der Waals surface area contributed by atoms with E-state index >= 15 is 0 Å². The third-order valence-corrected chi connectivity index (χ3v) is 4.96. The molecule has 2 aromatic heterocycles. The first-order valence-electron chi connectivity index (χ1n) is 9.26. The van der Waals surface area contributed by atoms with Crippen molar-refractivity contribution in [2.45, 2.75) is 13.5 Å². The molecular formula is C22H16ClFN4O3. The fourth-order valence-corrected chi connectivity index (χ4v) is 3.08. The SMILES string of the molecule is Cc1ccc(NC(=O)Cn2cccc(-c3nc(-c4ccc(F)cc4)no3)c2=O)cc1Cl. The van der Waals surface area contributed by atoms with Gasteiger partial charge in [0.05, 0.1) is 0 Å². The van der Waals surface area contributed by atoms with E-state index in [2.05, 4.69) is 15.5 Å². The number of hydrogen-bond donors (Lipinski definition) is 1. The number of aromatic nitrogens is 3. The molecule has 7 nitrogen and oxygen atoms in total. The van der Waals surface area contributed by atoms with Crippen LogP contribution in [-0.4, -0.2) is 20.6 Å². The zero-order chi connectivity index (χ0) is 22.0. The van der Waals surface area contributed by atoms with Crippen LogP contribution in [0.1, 0.15) is 5.56 Å². The van der Waals surface area contributed by atoms with Gasteiger partial charge in [-0.25, -0.2) is 4.39 Å². The Balaban J connectivity index is 1.54. The van der Waals surface area contributed by atoms with Gasteiger partial charge in [0.25, 0.3) is 11.4 Å². The first-order valence-corrected chi connectivity index (χ1v) is 9.64. The van der Waals surface area contributed by atoms with Crippen LogP contribution in [0.4, 0.5) is 10.1 Å². The second-order valence-corrected chi connectivity index (χ2v) is 7.20. The van der Waals surface area contributed by atoms with E-state index in [1.165, 1.54) is 41.1 Å². The number of benzene rings is 2. The van der Waals surface area contributed by atoms with Crippen molar-refractivity contribution in [1.82, 2.24) is 14.7 Å². The molecule has 2 aromatic carbocycles. The number of amides is 1. The lowest BCUT2D eigenvalue weighted by molar-refractivity contribution is -0.116. The highest BCUT2D eigenvalue weighted by molar-refractivity contribution is 6.31. The molecular weight excluding hydrogens is 423 g/mol. The highest BCUT2D eigenvalue weighted by atomic mass is 35.5. The minimum atomic E-state index is -0.464. The molecule has 4 rings (SSSR count). The Morgan fingerprint density at radius 2 is 1.97 bits per heavy atom. The summed E-state index contributed by atoms with van der Waals surface area (Å²) in [5, 5.41) is 7.09. The zero-order valence-electron chi connectivity index (χ0n) is 16.3. The van der Waals surface area contributed by atoms with Crippen molar-refractivity contribution < 1.29 is 13.7 Å². The van der Waals surface area contributed by atoms with Crippen LogP contribution in [0.2, 0.25) is 5.02 Å². The van der Waals surface area contributed by atoms with Crippen LogP contribution in [0.3, 0.4) is 0 Å². The van der Waals surface area contributed by atoms with Gasteiger partial charge in [-0.3, -0.25) is 9.59 Å². The van der Waals surface area contributed by atoms with Gasteiger partial charge < -0.3 is 14.4 Å². The summed E-state index contributed by atoms with van der Waals surface area (Å²) in [6.45, 7) is 1.65. The Kier molecular flexibility index (Phi) is 5.64. The number of anilines is 1. The molecule has 0 bridgehead atoms. The van der Waals surface area contributed by atoms with Gasteiger partial charge in [0.15, 0.2) is 0 Å². The summed E-state index contributed by atoms with van der Waals surface area (Å²) in [5.41, 5.74) is 1.65. The largest absolute Gasteiger partial charge is 0.333 e. The average molecular weight is 439 g/mol. The van der Waals surface area contributed by atoms with Crippen molar-refractivity contribution in [2.75, 3.05) is 5.32 Å². The van der Waals surface area contributed by atoms with E-state index in [4.69, 9.17) is 16.1 Å². The number of rotatable bonds is 5. The standard InChI is InChI=1S/C22H16ClFN4O3/c1-13-4-9-16(11-18(13)23)25-19(29)12-28-10-2-3-17(22(28)30)21-26-20(27-31-21)14-5-7-15(24)8-6-14/h2-11H,12H2,1H3,(H,25,29). The summed E-state index contributed by atoms with van der Waals surface area (Å²) in [6.07, 6.45) is 1.49. The first kappa shape index (κ1) is 20.5. The number of carbonyl (C=O) groups is 1. The molecule has 4 aromatic rings. The molecule has 0 fully saturated rings. The number of nitrogens with one attached hydrogen (secondary N) is 1. The van der Waals surface area contributed by atoms with Crippen LogP contribution < -0.4 is 10.9 Å². The van der Waals surface area contributed by atoms with Gasteiger partial charge in [0.2, 0.25) is 11.7 Å². The fourth-order valence-electron chi connectivity index (χ4n) is 2.90. The minimum Gasteiger partial charge on any atom is -0.333 e. The van der Waals surface area contributed by atoms with Gasteiger partial charge in [-0.2, -0.15) is 4.98 Å². The van der Waals surface area contributed by atoms with Crippen molar-refractivity contribution >= 4 is 23.2 Å². The van der Waals surface area contributed by atoms with E-state index in [1.807, 2.05) is 6.92 Å². The van der Waals surface area contributed by atoms with Gasteiger partial charge >= 0.3 is 0 Å². The first-order chi connectivity index (χ1) is 14.9. The summed E-state index contributed by atoms with van der Waals surface area (Å²) in [7, 11) is 0. The Morgan fingerprint density at radius 3 is 2.71 bits per heavy atom. The Labute approximate surface area is 181 Å². The van der Waals surface area contributed by atoms with E-state index < -0.39 is 11.5 Å². The molecule has 9 heteroatoms. The molecule has 0 radical (unpaired) electrons. The number of hydrogen-bond acceptors (Lipinski definition) is 5. The molecule has 0 saturated heterocycles. The van der Waals surface area contributed by atoms with E-state index in [-0.39, 0.29) is 29.6 Å². The molecule has 0 aliphatic rings. The van der Waals surface area contributed by atoms with Crippen LogP contribution in [0.5, 0.6) is 0 Å². The van der Waals surface area contributed by atoms with Crippen molar-refractivity contribution in [3.05, 3.63) is 87.6 Å². The zero-order valence-corrected chi connectivity index (χ0v) is 17.1. The van der Waals surface area contributed by atoms with Gasteiger partial charge in [-0.15, -0.1) is 0 Å². The van der Waals surface area contributed by atoms with Crippen molar-refractivity contribution in [3.8, 4) is 22.8 Å². The third kappa shape index (κ3) is 4.54. The number of pyridine rings is 1. The van der Waals surface area contributed by atoms with Crippen LogP contribution in [0.15, 0.2) is 70.1 Å². The summed E-state index contributed by atoms with van der Waals surface area (Å²) >= 11 is 6.08. The molecule has 0 unspecified atom stereocenters. The number of nitrogens with zero attached hydrogens (tertiary/aromatic N) is 3. The lowest BCUT2D eigenvalue weighted by Gasteiger charge is -2.09. The van der Waals surface area contributed by atoms with Crippen molar-refractivity contribution in [3.63, 3.8) is 0 Å². The molecule has 31 heavy (non-hydrogen) atoms. The predicted molar refractivity (Wildman–Crippen MR) is 114 cm³/mol. The Hall–Kier alpha value is -3.78. The monoisotopic (exact) mass is 438 g/mol. The van der Waals surface area contributed by atoms with E-state index in [9.17, 15) is 14.0 Å². The molecule has 156 valence electrons. The third-order valence-electron chi connectivity index (χ3n) is 4.55. The molecule has 0 aliphatic carbocycles. The van der Waals surface area contributed by atoms with Gasteiger partial charge in [-0.05, 0) is 61.0 Å². The van der Waals surface area contributed by atoms with E-state index in [1.54, 1.807) is 24.3 Å². The molecule has 2 heterocycles. The van der Waals surface area contributed by atoms with Crippen molar-refractivity contribution in [2.24, 2.45) is 0 Å². The summed E-state index contributed by atoms with van der Waals surface area (Å²) in [4.78, 5) is 29.4.